The predicted molar refractivity (Wildman–Crippen MR) is 47.5 cm³/mol. The number of nitrogens with two attached hydrogens (primary N) is 2. The van der Waals surface area contributed by atoms with E-state index in [1.807, 2.05) is 6.92 Å². The Hall–Kier alpha value is -0.610. The zero-order valence-corrected chi connectivity index (χ0v) is 7.80. The Bertz CT molecular complexity index is 150. The van der Waals surface area contributed by atoms with E-state index in [1.165, 1.54) is 7.11 Å². The molecule has 0 radical (unpaired) electrons. The zero-order valence-electron chi connectivity index (χ0n) is 7.80. The molecule has 0 aromatic carbocycles. The summed E-state index contributed by atoms with van der Waals surface area (Å²) in [6, 6.07) is 0. The lowest BCUT2D eigenvalue weighted by Crippen LogP contribution is -2.48. The second kappa shape index (κ2) is 5.11. The SMILES string of the molecule is CC[C@](N)(CCCN)C(=O)OC. The lowest BCUT2D eigenvalue weighted by Gasteiger charge is -2.24. The Morgan fingerprint density at radius 1 is 1.58 bits per heavy atom. The second-order valence-corrected chi connectivity index (χ2v) is 2.89. The van der Waals surface area contributed by atoms with Crippen LogP contribution in [-0.4, -0.2) is 25.2 Å². The number of ether oxygens (including phenoxy) is 1. The Morgan fingerprint density at radius 3 is 2.50 bits per heavy atom. The fourth-order valence-corrected chi connectivity index (χ4v) is 1.04. The maximum atomic E-state index is 11.2. The summed E-state index contributed by atoms with van der Waals surface area (Å²) in [6.07, 6.45) is 1.92. The summed E-state index contributed by atoms with van der Waals surface area (Å²) in [5.74, 6) is -0.349. The van der Waals surface area contributed by atoms with Crippen molar-refractivity contribution in [3.63, 3.8) is 0 Å². The van der Waals surface area contributed by atoms with Crippen molar-refractivity contribution < 1.29 is 9.53 Å². The third-order valence-electron chi connectivity index (χ3n) is 2.05. The monoisotopic (exact) mass is 174 g/mol. The molecule has 0 saturated carbocycles. The van der Waals surface area contributed by atoms with E-state index in [0.717, 1.165) is 6.42 Å². The molecule has 4 nitrogen and oxygen atoms in total. The fraction of sp³-hybridized carbons (Fsp3) is 0.875. The highest BCUT2D eigenvalue weighted by Crippen LogP contribution is 2.15. The minimum absolute atomic E-state index is 0.349. The van der Waals surface area contributed by atoms with E-state index in [0.29, 0.717) is 19.4 Å². The van der Waals surface area contributed by atoms with E-state index < -0.39 is 5.54 Å². The van der Waals surface area contributed by atoms with Crippen molar-refractivity contribution in [2.24, 2.45) is 11.5 Å². The van der Waals surface area contributed by atoms with E-state index >= 15 is 0 Å². The number of methoxy groups -OCH3 is 1. The van der Waals surface area contributed by atoms with Crippen LogP contribution in [0.1, 0.15) is 26.2 Å². The smallest absolute Gasteiger partial charge is 0.325 e. The van der Waals surface area contributed by atoms with Crippen LogP contribution in [0.3, 0.4) is 0 Å². The zero-order chi connectivity index (χ0) is 9.61. The van der Waals surface area contributed by atoms with Crippen LogP contribution in [0, 0.1) is 0 Å². The van der Waals surface area contributed by atoms with Gasteiger partial charge in [-0.05, 0) is 25.8 Å². The lowest BCUT2D eigenvalue weighted by atomic mass is 9.92. The van der Waals surface area contributed by atoms with Gasteiger partial charge < -0.3 is 16.2 Å². The number of carbonyl (C=O) groups excluding carboxylic acids is 1. The molecule has 0 aliphatic heterocycles. The maximum Gasteiger partial charge on any atom is 0.325 e. The molecule has 0 bridgehead atoms. The molecular formula is C8H18N2O2. The number of rotatable bonds is 5. The molecule has 4 N–H and O–H groups in total. The Morgan fingerprint density at radius 2 is 2.17 bits per heavy atom. The topological polar surface area (TPSA) is 78.3 Å². The molecule has 0 heterocycles. The minimum Gasteiger partial charge on any atom is -0.468 e. The van der Waals surface area contributed by atoms with Crippen molar-refractivity contribution in [3.8, 4) is 0 Å². The summed E-state index contributed by atoms with van der Waals surface area (Å²) in [7, 11) is 1.35. The van der Waals surface area contributed by atoms with Gasteiger partial charge in [-0.15, -0.1) is 0 Å². The molecule has 0 unspecified atom stereocenters. The molecule has 0 fully saturated rings. The third-order valence-corrected chi connectivity index (χ3v) is 2.05. The van der Waals surface area contributed by atoms with Gasteiger partial charge in [0.05, 0.1) is 7.11 Å². The molecule has 0 amide bonds. The quantitative estimate of drug-likeness (QED) is 0.575. The summed E-state index contributed by atoms with van der Waals surface area (Å²) < 4.78 is 4.60. The highest BCUT2D eigenvalue weighted by molar-refractivity contribution is 5.80. The second-order valence-electron chi connectivity index (χ2n) is 2.89. The average Bonchev–Trinajstić information content (AvgIpc) is 2.12. The first-order chi connectivity index (χ1) is 5.60. The largest absolute Gasteiger partial charge is 0.468 e. The van der Waals surface area contributed by atoms with Gasteiger partial charge in [-0.2, -0.15) is 0 Å². The number of carbonyl (C=O) groups is 1. The summed E-state index contributed by atoms with van der Waals surface area (Å²) in [5.41, 5.74) is 10.3. The standard InChI is InChI=1S/C8H18N2O2/c1-3-8(10,5-4-6-9)7(11)12-2/h3-6,9-10H2,1-2H3/t8-/m0/s1. The van der Waals surface area contributed by atoms with Crippen molar-refractivity contribution in [1.82, 2.24) is 0 Å². The first-order valence-corrected chi connectivity index (χ1v) is 4.18. The van der Waals surface area contributed by atoms with Gasteiger partial charge in [0, 0.05) is 0 Å². The van der Waals surface area contributed by atoms with Gasteiger partial charge in [0.2, 0.25) is 0 Å². The Kier molecular flexibility index (Phi) is 4.85. The first-order valence-electron chi connectivity index (χ1n) is 4.18. The van der Waals surface area contributed by atoms with E-state index in [1.54, 1.807) is 0 Å². The lowest BCUT2D eigenvalue weighted by molar-refractivity contribution is -0.147. The van der Waals surface area contributed by atoms with Crippen LogP contribution in [0.5, 0.6) is 0 Å². The molecular weight excluding hydrogens is 156 g/mol. The molecule has 0 rings (SSSR count). The van der Waals surface area contributed by atoms with Crippen LogP contribution < -0.4 is 11.5 Å². The van der Waals surface area contributed by atoms with Crippen molar-refractivity contribution >= 4 is 5.97 Å². The number of hydrogen-bond donors (Lipinski definition) is 2. The average molecular weight is 174 g/mol. The molecule has 1 atom stereocenters. The van der Waals surface area contributed by atoms with Crippen LogP contribution >= 0.6 is 0 Å². The van der Waals surface area contributed by atoms with Crippen LogP contribution in [0.4, 0.5) is 0 Å². The van der Waals surface area contributed by atoms with E-state index in [2.05, 4.69) is 4.74 Å². The Labute approximate surface area is 73.2 Å². The van der Waals surface area contributed by atoms with Gasteiger partial charge in [-0.3, -0.25) is 4.79 Å². The third kappa shape index (κ3) is 2.79. The maximum absolute atomic E-state index is 11.2. The van der Waals surface area contributed by atoms with Gasteiger partial charge in [0.15, 0.2) is 0 Å². The summed E-state index contributed by atoms with van der Waals surface area (Å²) in [6.45, 7) is 2.42. The van der Waals surface area contributed by atoms with Crippen LogP contribution in [0.2, 0.25) is 0 Å². The van der Waals surface area contributed by atoms with E-state index in [4.69, 9.17) is 11.5 Å². The van der Waals surface area contributed by atoms with Gasteiger partial charge >= 0.3 is 5.97 Å². The molecule has 0 aliphatic rings. The van der Waals surface area contributed by atoms with Gasteiger partial charge in [-0.25, -0.2) is 0 Å². The Balaban J connectivity index is 4.13. The predicted octanol–water partition coefficient (Wildman–Crippen LogP) is 0.00580. The van der Waals surface area contributed by atoms with Crippen LogP contribution in [-0.2, 0) is 9.53 Å². The van der Waals surface area contributed by atoms with E-state index in [9.17, 15) is 4.79 Å². The molecule has 4 heteroatoms. The molecule has 0 aromatic rings. The van der Waals surface area contributed by atoms with Crippen molar-refractivity contribution in [3.05, 3.63) is 0 Å². The molecule has 0 aliphatic carbocycles. The highest BCUT2D eigenvalue weighted by Gasteiger charge is 2.32. The molecule has 72 valence electrons. The molecule has 0 aromatic heterocycles. The van der Waals surface area contributed by atoms with E-state index in [-0.39, 0.29) is 5.97 Å². The van der Waals surface area contributed by atoms with Gasteiger partial charge in [-0.1, -0.05) is 6.92 Å². The summed E-state index contributed by atoms with van der Waals surface area (Å²) >= 11 is 0. The van der Waals surface area contributed by atoms with Crippen molar-refractivity contribution in [2.45, 2.75) is 31.7 Å². The van der Waals surface area contributed by atoms with Crippen molar-refractivity contribution in [2.75, 3.05) is 13.7 Å². The highest BCUT2D eigenvalue weighted by atomic mass is 16.5. The summed E-state index contributed by atoms with van der Waals surface area (Å²) in [5, 5.41) is 0. The number of hydrogen-bond acceptors (Lipinski definition) is 4. The van der Waals surface area contributed by atoms with Crippen LogP contribution in [0.15, 0.2) is 0 Å². The molecule has 0 saturated heterocycles. The minimum atomic E-state index is -0.839. The normalized spacial score (nSPS) is 15.3. The summed E-state index contributed by atoms with van der Waals surface area (Å²) in [4.78, 5) is 11.2. The molecule has 12 heavy (non-hydrogen) atoms. The van der Waals surface area contributed by atoms with Crippen molar-refractivity contribution in [1.29, 1.82) is 0 Å². The van der Waals surface area contributed by atoms with Gasteiger partial charge in [0.25, 0.3) is 0 Å². The fourth-order valence-electron chi connectivity index (χ4n) is 1.04. The number of esters is 1. The molecule has 0 spiro atoms. The van der Waals surface area contributed by atoms with Crippen LogP contribution in [0.25, 0.3) is 0 Å². The first kappa shape index (κ1) is 11.4. The van der Waals surface area contributed by atoms with Gasteiger partial charge in [0.1, 0.15) is 5.54 Å².